The quantitative estimate of drug-likeness (QED) is 0.232. The Hall–Kier alpha value is -1.75. The van der Waals surface area contributed by atoms with Gasteiger partial charge >= 0.3 is 0 Å². The Morgan fingerprint density at radius 3 is 2.33 bits per heavy atom. The molecule has 0 radical (unpaired) electrons. The number of methoxy groups -OCH3 is 1. The summed E-state index contributed by atoms with van der Waals surface area (Å²) in [7, 11) is -0.286. The molecule has 3 amide bonds. The van der Waals surface area contributed by atoms with E-state index in [-0.39, 0.29) is 47.9 Å². The number of hydrogen-bond acceptors (Lipinski definition) is 6. The second kappa shape index (κ2) is 17.2. The monoisotopic (exact) mass is 860 g/mol. The van der Waals surface area contributed by atoms with E-state index < -0.39 is 13.7 Å². The Labute approximate surface area is 368 Å². The molecule has 5 saturated carbocycles. The average Bonchev–Trinajstić information content (AvgIpc) is 3.84. The van der Waals surface area contributed by atoms with Crippen molar-refractivity contribution >= 4 is 25.8 Å². The average molecular weight is 860 g/mol. The molecule has 9 nitrogen and oxygen atoms in total. The Kier molecular flexibility index (Phi) is 12.2. The summed E-state index contributed by atoms with van der Waals surface area (Å²) in [6.07, 6.45) is 26.3. The van der Waals surface area contributed by atoms with Crippen molar-refractivity contribution in [3.8, 4) is 0 Å². The van der Waals surface area contributed by atoms with Gasteiger partial charge in [-0.3, -0.25) is 14.4 Å². The molecule has 0 aromatic heterocycles. The lowest BCUT2D eigenvalue weighted by Gasteiger charge is -2.47. The number of fused-ring (bicyclic) bond motifs is 2. The minimum Gasteiger partial charge on any atom is -0.394 e. The van der Waals surface area contributed by atoms with Crippen LogP contribution in [0.2, 0.25) is 24.2 Å². The zero-order valence-corrected chi connectivity index (χ0v) is 39.5. The van der Waals surface area contributed by atoms with Crippen molar-refractivity contribution in [1.82, 2.24) is 14.7 Å². The zero-order chi connectivity index (χ0) is 42.2. The molecule has 3 saturated heterocycles. The molecule has 10 rings (SSSR count). The third kappa shape index (κ3) is 7.27. The van der Waals surface area contributed by atoms with E-state index in [1.807, 2.05) is 7.11 Å². The number of aliphatic hydroxyl groups is 1. The summed E-state index contributed by atoms with van der Waals surface area (Å²) < 4.78 is 13.5. The SMILES string of the molecule is COC1CCC([Si](C)(C)[C@H]2[C@H](CC(=O)N3CC4CCCCC4C[C@H]3CO)O[C@@]3(C(=O)N(CC4CCCC(N5C(=O)C6CCCC7CCCC5C76)C4)C4=C3CCCC4)[C@@H]2C)CC1. The van der Waals surface area contributed by atoms with Crippen molar-refractivity contribution in [1.29, 1.82) is 0 Å². The Balaban J connectivity index is 0.926. The van der Waals surface area contributed by atoms with Crippen molar-refractivity contribution < 1.29 is 29.0 Å². The molecule has 340 valence electrons. The number of carbonyl (C=O) groups excluding carboxylic acids is 3. The largest absolute Gasteiger partial charge is 0.394 e. The number of carbonyl (C=O) groups is 3. The molecule has 1 spiro atoms. The maximum atomic E-state index is 15.8. The second-order valence-electron chi connectivity index (χ2n) is 23.2. The minimum atomic E-state index is -2.14. The molecule has 10 aliphatic rings. The van der Waals surface area contributed by atoms with Gasteiger partial charge in [0.15, 0.2) is 5.60 Å². The summed E-state index contributed by atoms with van der Waals surface area (Å²) in [4.78, 5) is 51.6. The second-order valence-corrected chi connectivity index (χ2v) is 28.3. The van der Waals surface area contributed by atoms with E-state index in [1.54, 1.807) is 0 Å². The number of aliphatic hydroxyl groups excluding tert-OH is 1. The Bertz CT molecular complexity index is 1690. The first kappa shape index (κ1) is 43.2. The van der Waals surface area contributed by atoms with E-state index in [1.165, 1.54) is 69.1 Å². The van der Waals surface area contributed by atoms with Gasteiger partial charge in [0.2, 0.25) is 11.8 Å². The van der Waals surface area contributed by atoms with Gasteiger partial charge in [0, 0.05) is 49.8 Å². The molecule has 0 aromatic carbocycles. The molecule has 8 unspecified atom stereocenters. The molecule has 61 heavy (non-hydrogen) atoms. The number of nitrogens with zero attached hydrogens (tertiary/aromatic N) is 3. The van der Waals surface area contributed by atoms with Crippen LogP contribution in [0.25, 0.3) is 0 Å². The summed E-state index contributed by atoms with van der Waals surface area (Å²) in [6, 6.07) is 0.616. The van der Waals surface area contributed by atoms with E-state index in [0.717, 1.165) is 109 Å². The third-order valence-electron chi connectivity index (χ3n) is 20.2. The lowest BCUT2D eigenvalue weighted by Crippen LogP contribution is -2.53. The number of amides is 3. The molecule has 4 aliphatic heterocycles. The van der Waals surface area contributed by atoms with Gasteiger partial charge < -0.3 is 29.3 Å². The fourth-order valence-corrected chi connectivity index (χ4v) is 22.3. The van der Waals surface area contributed by atoms with Crippen molar-refractivity contribution in [3.63, 3.8) is 0 Å². The smallest absolute Gasteiger partial charge is 0.263 e. The molecule has 4 heterocycles. The van der Waals surface area contributed by atoms with Gasteiger partial charge in [-0.2, -0.15) is 0 Å². The van der Waals surface area contributed by atoms with Gasteiger partial charge in [-0.25, -0.2) is 0 Å². The van der Waals surface area contributed by atoms with Crippen LogP contribution in [0.3, 0.4) is 0 Å². The predicted octanol–water partition coefficient (Wildman–Crippen LogP) is 9.24. The van der Waals surface area contributed by atoms with Gasteiger partial charge in [-0.1, -0.05) is 84.2 Å². The van der Waals surface area contributed by atoms with E-state index in [2.05, 4.69) is 34.7 Å². The molecular weight excluding hydrogens is 779 g/mol. The number of hydrogen-bond donors (Lipinski definition) is 1. The fraction of sp³-hybridized carbons (Fsp3) is 0.902. The van der Waals surface area contributed by atoms with Crippen LogP contribution < -0.4 is 0 Å². The first-order chi connectivity index (χ1) is 29.5. The van der Waals surface area contributed by atoms with Gasteiger partial charge in [-0.15, -0.1) is 0 Å². The first-order valence-electron chi connectivity index (χ1n) is 26.0. The number of likely N-dealkylation sites (tertiary alicyclic amines) is 2. The van der Waals surface area contributed by atoms with Crippen LogP contribution >= 0.6 is 0 Å². The highest BCUT2D eigenvalue weighted by molar-refractivity contribution is 6.80. The number of rotatable bonds is 9. The molecule has 8 fully saturated rings. The lowest BCUT2D eigenvalue weighted by atomic mass is 9.65. The van der Waals surface area contributed by atoms with Crippen LogP contribution in [-0.4, -0.2) is 108 Å². The lowest BCUT2D eigenvalue weighted by molar-refractivity contribution is -0.154. The third-order valence-corrected chi connectivity index (χ3v) is 25.4. The summed E-state index contributed by atoms with van der Waals surface area (Å²) in [5.41, 5.74) is 2.25. The van der Waals surface area contributed by atoms with Gasteiger partial charge in [0.25, 0.3) is 5.91 Å². The highest BCUT2D eigenvalue weighted by atomic mass is 28.3. The number of ether oxygens (including phenoxy) is 2. The van der Waals surface area contributed by atoms with Crippen molar-refractivity contribution in [3.05, 3.63) is 11.3 Å². The van der Waals surface area contributed by atoms with Crippen molar-refractivity contribution in [2.24, 2.45) is 41.4 Å². The molecule has 6 aliphatic carbocycles. The van der Waals surface area contributed by atoms with Gasteiger partial charge in [0.05, 0.1) is 39.4 Å². The van der Waals surface area contributed by atoms with Crippen molar-refractivity contribution in [2.75, 3.05) is 26.8 Å². The number of piperidine rings is 1. The normalized spacial score (nSPS) is 44.1. The Morgan fingerprint density at radius 2 is 1.56 bits per heavy atom. The summed E-state index contributed by atoms with van der Waals surface area (Å²) >= 11 is 0. The predicted molar refractivity (Wildman–Crippen MR) is 240 cm³/mol. The van der Waals surface area contributed by atoms with Crippen molar-refractivity contribution in [2.45, 2.75) is 221 Å². The summed E-state index contributed by atoms with van der Waals surface area (Å²) in [6.45, 7) is 8.99. The highest BCUT2D eigenvalue weighted by Crippen LogP contribution is 2.62. The van der Waals surface area contributed by atoms with E-state index in [0.29, 0.717) is 59.7 Å². The van der Waals surface area contributed by atoms with Crippen LogP contribution in [0, 0.1) is 41.4 Å². The molecular formula is C51H81N3O6Si. The maximum absolute atomic E-state index is 15.8. The van der Waals surface area contributed by atoms with Crippen LogP contribution in [0.4, 0.5) is 0 Å². The van der Waals surface area contributed by atoms with Crippen LogP contribution in [0.15, 0.2) is 11.3 Å². The van der Waals surface area contributed by atoms with E-state index in [9.17, 15) is 14.7 Å². The number of allylic oxidation sites excluding steroid dienone is 1. The van der Waals surface area contributed by atoms with E-state index >= 15 is 4.79 Å². The molecule has 0 bridgehead atoms. The molecule has 0 aromatic rings. The highest BCUT2D eigenvalue weighted by Gasteiger charge is 2.68. The van der Waals surface area contributed by atoms with Crippen LogP contribution in [0.5, 0.6) is 0 Å². The van der Waals surface area contributed by atoms with Crippen LogP contribution in [0.1, 0.15) is 161 Å². The molecule has 10 heteroatoms. The maximum Gasteiger partial charge on any atom is 0.263 e. The van der Waals surface area contributed by atoms with Gasteiger partial charge in [0.1, 0.15) is 0 Å². The topological polar surface area (TPSA) is 99.6 Å². The first-order valence-corrected chi connectivity index (χ1v) is 29.2. The molecule has 13 atom stereocenters. The molecule has 1 N–H and O–H groups in total. The van der Waals surface area contributed by atoms with Gasteiger partial charge in [-0.05, 0) is 130 Å². The summed E-state index contributed by atoms with van der Waals surface area (Å²) in [5, 5.41) is 10.7. The zero-order valence-electron chi connectivity index (χ0n) is 38.5. The van der Waals surface area contributed by atoms with Crippen LogP contribution in [-0.2, 0) is 23.9 Å². The standard InChI is InChI=1S/C51H81N3O6Si/c1-32-48(61(3,4)40-24-22-39(59-2)23-25-40)45(28-46(56)52-30-36-14-6-5-13-35(36)27-38(52)31-55)60-51(32)42-19-7-8-20-43(42)53(50(51)58)29-33-12-9-17-37(26-33)54-44-21-11-16-34-15-10-18-41(47(34)44)49(54)57/h32-41,44-45,47-48,55H,5-31H2,1-4H3/t32-,33?,34?,35?,36?,37?,38+,39?,40?,41?,44?,45+,47?,48-,51+/m1/s1. The summed E-state index contributed by atoms with van der Waals surface area (Å²) in [5.74, 6) is 3.84. The minimum absolute atomic E-state index is 0.00523. The van der Waals surface area contributed by atoms with E-state index in [4.69, 9.17) is 9.47 Å². The fourth-order valence-electron chi connectivity index (χ4n) is 17.3. The Morgan fingerprint density at radius 1 is 0.836 bits per heavy atom.